The van der Waals surface area contributed by atoms with Gasteiger partial charge in [-0.05, 0) is 13.3 Å². The van der Waals surface area contributed by atoms with E-state index in [9.17, 15) is 14.4 Å². The van der Waals surface area contributed by atoms with Crippen LogP contribution in [0.15, 0.2) is 4.99 Å². The van der Waals surface area contributed by atoms with Crippen LogP contribution in [-0.2, 0) is 14.3 Å². The molecule has 0 saturated carbocycles. The van der Waals surface area contributed by atoms with Crippen LogP contribution in [0.2, 0.25) is 0 Å². The van der Waals surface area contributed by atoms with E-state index in [-0.39, 0.29) is 11.9 Å². The van der Waals surface area contributed by atoms with Crippen LogP contribution in [0.4, 0.5) is 4.79 Å². The third-order valence-electron chi connectivity index (χ3n) is 5.89. The van der Waals surface area contributed by atoms with E-state index in [0.717, 1.165) is 12.8 Å². The Labute approximate surface area is 190 Å². The molecule has 1 saturated heterocycles. The quantitative estimate of drug-likeness (QED) is 0.337. The van der Waals surface area contributed by atoms with E-state index in [1.165, 1.54) is 75.1 Å². The number of rotatable bonds is 13. The smallest absolute Gasteiger partial charge is 0.325 e. The lowest BCUT2D eigenvalue weighted by molar-refractivity contribution is -0.139. The van der Waals surface area contributed by atoms with Crippen LogP contribution in [0.25, 0.3) is 0 Å². The van der Waals surface area contributed by atoms with Gasteiger partial charge in [0.05, 0.1) is 7.11 Å². The number of nitrogens with zero attached hydrogens (tertiary/aromatic N) is 3. The summed E-state index contributed by atoms with van der Waals surface area (Å²) in [6.07, 6.45) is 11.8. The summed E-state index contributed by atoms with van der Waals surface area (Å²) in [4.78, 5) is 44.5. The van der Waals surface area contributed by atoms with Crippen molar-refractivity contribution in [1.82, 2.24) is 15.1 Å². The number of amides is 3. The summed E-state index contributed by atoms with van der Waals surface area (Å²) in [7, 11) is 3.00. The van der Waals surface area contributed by atoms with Crippen molar-refractivity contribution in [2.24, 2.45) is 4.99 Å². The van der Waals surface area contributed by atoms with Gasteiger partial charge < -0.3 is 14.5 Å². The number of hydrogen-bond acceptors (Lipinski definition) is 7. The van der Waals surface area contributed by atoms with E-state index in [0.29, 0.717) is 11.7 Å². The Kier molecular flexibility index (Phi) is 10.6. The Morgan fingerprint density at radius 2 is 1.68 bits per heavy atom. The summed E-state index contributed by atoms with van der Waals surface area (Å²) in [6, 6.07) is -0.991. The van der Waals surface area contributed by atoms with Gasteiger partial charge in [-0.3, -0.25) is 14.9 Å². The van der Waals surface area contributed by atoms with Crippen molar-refractivity contribution in [3.05, 3.63) is 0 Å². The number of carbonyl (C=O) groups excluding carboxylic acids is 3. The zero-order valence-corrected chi connectivity index (χ0v) is 20.2. The van der Waals surface area contributed by atoms with Crippen molar-refractivity contribution < 1.29 is 19.1 Å². The van der Waals surface area contributed by atoms with Crippen LogP contribution in [0.3, 0.4) is 0 Å². The molecule has 3 unspecified atom stereocenters. The number of ether oxygens (including phenoxy) is 1. The molecule has 2 aliphatic heterocycles. The van der Waals surface area contributed by atoms with E-state index >= 15 is 0 Å². The highest BCUT2D eigenvalue weighted by molar-refractivity contribution is 8.14. The van der Waals surface area contributed by atoms with Gasteiger partial charge in [0.25, 0.3) is 5.91 Å². The lowest BCUT2D eigenvalue weighted by Gasteiger charge is -2.36. The zero-order valence-electron chi connectivity index (χ0n) is 19.4. The van der Waals surface area contributed by atoms with E-state index in [4.69, 9.17) is 4.74 Å². The molecule has 0 aromatic carbocycles. The average Bonchev–Trinajstić information content (AvgIpc) is 3.11. The number of urea groups is 1. The molecule has 0 radical (unpaired) electrons. The monoisotopic (exact) mass is 454 g/mol. The molecule has 0 aromatic heterocycles. The van der Waals surface area contributed by atoms with E-state index in [1.807, 2.05) is 4.90 Å². The van der Waals surface area contributed by atoms with Crippen molar-refractivity contribution in [2.45, 2.75) is 95.5 Å². The Bertz CT molecular complexity index is 657. The minimum Gasteiger partial charge on any atom is -0.468 e. The molecule has 0 aromatic rings. The molecule has 9 heteroatoms. The van der Waals surface area contributed by atoms with Crippen LogP contribution in [0, 0.1) is 0 Å². The summed E-state index contributed by atoms with van der Waals surface area (Å²) in [5, 5.41) is 2.59. The van der Waals surface area contributed by atoms with Gasteiger partial charge >= 0.3 is 12.0 Å². The number of amidine groups is 1. The molecule has 0 bridgehead atoms. The maximum absolute atomic E-state index is 12.6. The Hall–Kier alpha value is -1.77. The number of fused-ring (bicyclic) bond motifs is 1. The number of thioether (sulfide) groups is 1. The number of unbranched alkanes of at least 4 members (excludes halogenated alkanes) is 9. The number of imide groups is 1. The van der Waals surface area contributed by atoms with Gasteiger partial charge in [0.2, 0.25) is 0 Å². The number of nitrogens with one attached hydrogen (secondary N) is 1. The molecule has 31 heavy (non-hydrogen) atoms. The van der Waals surface area contributed by atoms with E-state index in [1.54, 1.807) is 14.0 Å². The van der Waals surface area contributed by atoms with Gasteiger partial charge in [-0.25, -0.2) is 9.79 Å². The van der Waals surface area contributed by atoms with Gasteiger partial charge in [0, 0.05) is 13.6 Å². The topological polar surface area (TPSA) is 91.3 Å². The number of carbonyl (C=O) groups is 3. The van der Waals surface area contributed by atoms with Gasteiger partial charge in [0.15, 0.2) is 17.4 Å². The van der Waals surface area contributed by atoms with Crippen LogP contribution < -0.4 is 5.32 Å². The Morgan fingerprint density at radius 3 is 2.26 bits per heavy atom. The molecule has 2 aliphatic rings. The van der Waals surface area contributed by atoms with E-state index < -0.39 is 23.5 Å². The predicted molar refractivity (Wildman–Crippen MR) is 124 cm³/mol. The minimum atomic E-state index is -0.559. The van der Waals surface area contributed by atoms with Crippen LogP contribution in [0.1, 0.15) is 78.1 Å². The maximum atomic E-state index is 12.6. The summed E-state index contributed by atoms with van der Waals surface area (Å²) in [5.41, 5.74) is 0. The number of likely N-dealkylation sites (N-methyl/N-ethyl adjacent to an activating group) is 1. The third kappa shape index (κ3) is 7.12. The second-order valence-electron chi connectivity index (χ2n) is 8.33. The first-order valence-electron chi connectivity index (χ1n) is 11.6. The minimum absolute atomic E-state index is 0.328. The normalized spacial score (nSPS) is 21.6. The molecule has 1 N–H and O–H groups in total. The lowest BCUT2D eigenvalue weighted by atomic mass is 10.1. The first kappa shape index (κ1) is 25.5. The largest absolute Gasteiger partial charge is 0.468 e. The van der Waals surface area contributed by atoms with Crippen LogP contribution >= 0.6 is 11.8 Å². The number of methoxy groups -OCH3 is 1. The van der Waals surface area contributed by atoms with Gasteiger partial charge in [-0.2, -0.15) is 0 Å². The fourth-order valence-electron chi connectivity index (χ4n) is 3.98. The second-order valence-corrected chi connectivity index (χ2v) is 9.64. The Balaban J connectivity index is 1.87. The molecule has 8 nitrogen and oxygen atoms in total. The molecule has 2 rings (SSSR count). The summed E-state index contributed by atoms with van der Waals surface area (Å²) in [5.74, 6) is -0.666. The first-order valence-corrected chi connectivity index (χ1v) is 12.4. The van der Waals surface area contributed by atoms with Crippen LogP contribution in [-0.4, -0.2) is 71.0 Å². The van der Waals surface area contributed by atoms with Crippen molar-refractivity contribution >= 4 is 34.8 Å². The summed E-state index contributed by atoms with van der Waals surface area (Å²) in [6.45, 7) is 4.67. The number of aliphatic imine (C=N–C) groups is 1. The highest BCUT2D eigenvalue weighted by Crippen LogP contribution is 2.31. The fraction of sp³-hybridized carbons (Fsp3) is 0.818. The maximum Gasteiger partial charge on any atom is 0.325 e. The van der Waals surface area contributed by atoms with Crippen LogP contribution in [0.5, 0.6) is 0 Å². The summed E-state index contributed by atoms with van der Waals surface area (Å²) < 4.78 is 4.83. The molecule has 0 spiro atoms. The molecule has 2 heterocycles. The molecular formula is C22H38N4O4S. The highest BCUT2D eigenvalue weighted by Gasteiger charge is 2.48. The Morgan fingerprint density at radius 1 is 1.10 bits per heavy atom. The van der Waals surface area contributed by atoms with E-state index in [2.05, 4.69) is 17.2 Å². The molecule has 1 fully saturated rings. The molecule has 3 atom stereocenters. The number of esters is 1. The average molecular weight is 455 g/mol. The first-order chi connectivity index (χ1) is 14.9. The molecule has 176 valence electrons. The zero-order chi connectivity index (χ0) is 22.8. The van der Waals surface area contributed by atoms with Crippen molar-refractivity contribution in [1.29, 1.82) is 0 Å². The van der Waals surface area contributed by atoms with Gasteiger partial charge in [-0.15, -0.1) is 0 Å². The van der Waals surface area contributed by atoms with Gasteiger partial charge in [-0.1, -0.05) is 76.5 Å². The SMILES string of the molecule is CCCCCCCCCCCCN1C(SC(C)C(=O)OC)=NC2C1C(=O)NC(=O)N2C. The van der Waals surface area contributed by atoms with Crippen molar-refractivity contribution in [2.75, 3.05) is 20.7 Å². The van der Waals surface area contributed by atoms with Gasteiger partial charge in [0.1, 0.15) is 5.25 Å². The molecule has 3 amide bonds. The fourth-order valence-corrected chi connectivity index (χ4v) is 4.99. The second kappa shape index (κ2) is 12.9. The van der Waals surface area contributed by atoms with Crippen molar-refractivity contribution in [3.8, 4) is 0 Å². The van der Waals surface area contributed by atoms with Crippen molar-refractivity contribution in [3.63, 3.8) is 0 Å². The number of hydrogen-bond donors (Lipinski definition) is 1. The third-order valence-corrected chi connectivity index (χ3v) is 6.99. The highest BCUT2D eigenvalue weighted by atomic mass is 32.2. The lowest BCUT2D eigenvalue weighted by Crippen LogP contribution is -2.63. The molecular weight excluding hydrogens is 416 g/mol. The summed E-state index contributed by atoms with van der Waals surface area (Å²) >= 11 is 1.28. The standard InChI is InChI=1S/C22H38N4O4S/c1-5-6-7-8-9-10-11-12-13-14-15-26-17-18(25(3)21(29)24-19(17)27)23-22(26)31-16(2)20(28)30-4/h16-18H,5-15H2,1-4H3,(H,24,27,29). The predicted octanol–water partition coefficient (Wildman–Crippen LogP) is 3.75. The molecule has 0 aliphatic carbocycles.